The molecule has 0 unspecified atom stereocenters. The molecule has 8 nitrogen and oxygen atoms in total. The Hall–Kier alpha value is -4.11. The smallest absolute Gasteiger partial charge is 0.258 e. The Morgan fingerprint density at radius 2 is 1.97 bits per heavy atom. The third-order valence-corrected chi connectivity index (χ3v) is 5.71. The molecule has 0 aliphatic heterocycles. The predicted octanol–water partition coefficient (Wildman–Crippen LogP) is 4.63. The molecule has 0 bridgehead atoms. The van der Waals surface area contributed by atoms with Gasteiger partial charge < -0.3 is 0 Å². The third kappa shape index (κ3) is 4.25. The second kappa shape index (κ2) is 8.68. The van der Waals surface area contributed by atoms with E-state index in [0.29, 0.717) is 32.7 Å². The van der Waals surface area contributed by atoms with E-state index >= 15 is 0 Å². The fourth-order valence-electron chi connectivity index (χ4n) is 3.77. The Balaban J connectivity index is 1.44. The molecule has 5 aromatic rings. The molecule has 0 spiro atoms. The number of hydrogen-bond donors (Lipinski definition) is 1. The number of rotatable bonds is 5. The highest BCUT2D eigenvalue weighted by Crippen LogP contribution is 2.27. The summed E-state index contributed by atoms with van der Waals surface area (Å²) in [5, 5.41) is 12.4. The molecule has 0 atom stereocenters. The van der Waals surface area contributed by atoms with Crippen LogP contribution in [0.3, 0.4) is 0 Å². The van der Waals surface area contributed by atoms with E-state index in [1.165, 1.54) is 23.1 Å². The number of carbonyl (C=O) groups is 1. The van der Waals surface area contributed by atoms with Crippen molar-refractivity contribution in [1.29, 1.82) is 0 Å². The minimum Gasteiger partial charge on any atom is -0.289 e. The molecule has 0 fully saturated rings. The summed E-state index contributed by atoms with van der Waals surface area (Å²) in [6, 6.07) is 13.3. The van der Waals surface area contributed by atoms with Gasteiger partial charge in [-0.05, 0) is 36.8 Å². The van der Waals surface area contributed by atoms with Crippen LogP contribution in [0, 0.1) is 12.7 Å². The van der Waals surface area contributed by atoms with Crippen LogP contribution in [0.1, 0.15) is 21.6 Å². The van der Waals surface area contributed by atoms with Crippen molar-refractivity contribution < 1.29 is 9.18 Å². The van der Waals surface area contributed by atoms with E-state index in [1.807, 2.05) is 44.4 Å². The van der Waals surface area contributed by atoms with Crippen molar-refractivity contribution in [3.05, 3.63) is 88.7 Å². The normalized spacial score (nSPS) is 11.2. The van der Waals surface area contributed by atoms with E-state index < -0.39 is 5.82 Å². The Morgan fingerprint density at radius 1 is 1.15 bits per heavy atom. The maximum Gasteiger partial charge on any atom is 0.258 e. The van der Waals surface area contributed by atoms with E-state index in [2.05, 4.69) is 20.5 Å². The lowest BCUT2D eigenvalue weighted by Crippen LogP contribution is -2.14. The largest absolute Gasteiger partial charge is 0.289 e. The van der Waals surface area contributed by atoms with Crippen LogP contribution in [0.25, 0.3) is 22.2 Å². The van der Waals surface area contributed by atoms with Crippen molar-refractivity contribution in [2.75, 3.05) is 5.32 Å². The lowest BCUT2D eigenvalue weighted by molar-refractivity contribution is 0.102. The first-order chi connectivity index (χ1) is 16.4. The van der Waals surface area contributed by atoms with Crippen LogP contribution in [0.4, 0.5) is 10.3 Å². The number of nitrogens with one attached hydrogen (secondary N) is 1. The molecule has 3 aromatic heterocycles. The lowest BCUT2D eigenvalue weighted by atomic mass is 10.0. The molecular weight excluding hydrogens is 457 g/mol. The van der Waals surface area contributed by atoms with E-state index in [-0.39, 0.29) is 18.4 Å². The summed E-state index contributed by atoms with van der Waals surface area (Å²) in [6.45, 7) is 2.18. The number of pyridine rings is 1. The molecule has 1 amide bonds. The first-order valence-electron chi connectivity index (χ1n) is 10.4. The van der Waals surface area contributed by atoms with Crippen molar-refractivity contribution in [1.82, 2.24) is 29.5 Å². The predicted molar refractivity (Wildman–Crippen MR) is 127 cm³/mol. The summed E-state index contributed by atoms with van der Waals surface area (Å²) >= 11 is 6.10. The molecule has 2 aromatic carbocycles. The highest BCUT2D eigenvalue weighted by atomic mass is 35.5. The number of amides is 1. The molecular formula is C24H19ClFN7O. The van der Waals surface area contributed by atoms with Crippen molar-refractivity contribution in [3.8, 4) is 11.3 Å². The number of aromatic nitrogens is 6. The number of hydrogen-bond acceptors (Lipinski definition) is 5. The van der Waals surface area contributed by atoms with Crippen molar-refractivity contribution >= 4 is 34.4 Å². The molecule has 34 heavy (non-hydrogen) atoms. The molecule has 0 saturated carbocycles. The summed E-state index contributed by atoms with van der Waals surface area (Å²) in [6.07, 6.45) is 3.35. The van der Waals surface area contributed by atoms with Gasteiger partial charge in [0.1, 0.15) is 12.1 Å². The minimum atomic E-state index is -0.411. The van der Waals surface area contributed by atoms with Crippen LogP contribution >= 0.6 is 11.6 Å². The van der Waals surface area contributed by atoms with Gasteiger partial charge in [-0.3, -0.25) is 14.8 Å². The zero-order valence-electron chi connectivity index (χ0n) is 18.3. The Kier molecular flexibility index (Phi) is 5.54. The van der Waals surface area contributed by atoms with Gasteiger partial charge in [-0.25, -0.2) is 19.0 Å². The first kappa shape index (κ1) is 21.7. The second-order valence-corrected chi connectivity index (χ2v) is 8.24. The number of nitrogens with zero attached hydrogens (tertiary/aromatic N) is 6. The topological polar surface area (TPSA) is 90.5 Å². The van der Waals surface area contributed by atoms with Crippen LogP contribution < -0.4 is 5.32 Å². The average Bonchev–Trinajstić information content (AvgIpc) is 3.39. The van der Waals surface area contributed by atoms with E-state index in [0.717, 1.165) is 11.3 Å². The number of para-hydroxylation sites is 1. The van der Waals surface area contributed by atoms with Gasteiger partial charge in [-0.15, -0.1) is 5.10 Å². The fourth-order valence-corrected chi connectivity index (χ4v) is 4.00. The quantitative estimate of drug-likeness (QED) is 0.400. The van der Waals surface area contributed by atoms with Crippen LogP contribution in [0.5, 0.6) is 0 Å². The lowest BCUT2D eigenvalue weighted by Gasteiger charge is -2.09. The Morgan fingerprint density at radius 3 is 2.74 bits per heavy atom. The monoisotopic (exact) mass is 475 g/mol. The molecule has 0 radical (unpaired) electrons. The highest BCUT2D eigenvalue weighted by molar-refractivity contribution is 6.31. The molecule has 170 valence electrons. The first-order valence-corrected chi connectivity index (χ1v) is 10.8. The fraction of sp³-hybridized carbons (Fsp3) is 0.125. The number of halogens is 2. The maximum absolute atomic E-state index is 13.3. The van der Waals surface area contributed by atoms with E-state index in [1.54, 1.807) is 16.8 Å². The third-order valence-electron chi connectivity index (χ3n) is 5.36. The number of fused-ring (bicyclic) bond motifs is 1. The van der Waals surface area contributed by atoms with Gasteiger partial charge in [0.15, 0.2) is 0 Å². The minimum absolute atomic E-state index is 0.142. The Bertz CT molecular complexity index is 1540. The molecule has 5 rings (SSSR count). The summed E-state index contributed by atoms with van der Waals surface area (Å²) < 4.78 is 16.5. The zero-order valence-corrected chi connectivity index (χ0v) is 19.1. The van der Waals surface area contributed by atoms with E-state index in [9.17, 15) is 9.18 Å². The standard InChI is InChI=1S/C24H19ClFN7O/c1-14-19(12-32(2)30-14)22-10-18(17-5-3-4-6-21(17)28-22)23(34)29-24-27-13-33(31-24)11-15-7-8-16(26)9-20(15)25/h3-10,12-13H,11H2,1-2H3,(H,29,31,34). The number of aryl methyl sites for hydroxylation is 2. The van der Waals surface area contributed by atoms with Crippen LogP contribution in [-0.2, 0) is 13.6 Å². The van der Waals surface area contributed by atoms with Gasteiger partial charge in [0, 0.05) is 29.2 Å². The Labute approximate surface area is 199 Å². The van der Waals surface area contributed by atoms with Gasteiger partial charge >= 0.3 is 0 Å². The van der Waals surface area contributed by atoms with Crippen molar-refractivity contribution in [3.63, 3.8) is 0 Å². The average molecular weight is 476 g/mol. The summed E-state index contributed by atoms with van der Waals surface area (Å²) in [7, 11) is 1.84. The molecule has 10 heteroatoms. The molecule has 3 heterocycles. The van der Waals surface area contributed by atoms with Gasteiger partial charge in [0.05, 0.1) is 29.0 Å². The van der Waals surface area contributed by atoms with Gasteiger partial charge in [-0.2, -0.15) is 5.10 Å². The van der Waals surface area contributed by atoms with Gasteiger partial charge in [-0.1, -0.05) is 35.9 Å². The molecule has 0 aliphatic rings. The second-order valence-electron chi connectivity index (χ2n) is 7.83. The van der Waals surface area contributed by atoms with E-state index in [4.69, 9.17) is 16.6 Å². The number of carbonyl (C=O) groups excluding carboxylic acids is 1. The summed E-state index contributed by atoms with van der Waals surface area (Å²) in [5.74, 6) is -0.632. The molecule has 0 saturated heterocycles. The number of benzene rings is 2. The SMILES string of the molecule is Cc1nn(C)cc1-c1cc(C(=O)Nc2ncn(Cc3ccc(F)cc3Cl)n2)c2ccccc2n1. The van der Waals surface area contributed by atoms with Gasteiger partial charge in [0.2, 0.25) is 5.95 Å². The van der Waals surface area contributed by atoms with Crippen molar-refractivity contribution in [2.24, 2.45) is 7.05 Å². The highest BCUT2D eigenvalue weighted by Gasteiger charge is 2.17. The summed E-state index contributed by atoms with van der Waals surface area (Å²) in [5.41, 5.74) is 4.14. The van der Waals surface area contributed by atoms with Crippen LogP contribution in [-0.4, -0.2) is 35.4 Å². The van der Waals surface area contributed by atoms with Gasteiger partial charge in [0.25, 0.3) is 5.91 Å². The summed E-state index contributed by atoms with van der Waals surface area (Å²) in [4.78, 5) is 22.2. The van der Waals surface area contributed by atoms with Crippen molar-refractivity contribution in [2.45, 2.75) is 13.5 Å². The molecule has 1 N–H and O–H groups in total. The number of anilines is 1. The van der Waals surface area contributed by atoms with Crippen LogP contribution in [0.15, 0.2) is 61.1 Å². The maximum atomic E-state index is 13.3. The molecule has 0 aliphatic carbocycles. The van der Waals surface area contributed by atoms with Crippen LogP contribution in [0.2, 0.25) is 5.02 Å². The zero-order chi connectivity index (χ0) is 23.8.